The predicted octanol–water partition coefficient (Wildman–Crippen LogP) is 5.86. The number of benzene rings is 3. The van der Waals surface area contributed by atoms with E-state index in [1.165, 1.54) is 32.2 Å². The number of carbonyl (C=O) groups excluding carboxylic acids is 2. The molecule has 1 aliphatic heterocycles. The molecule has 1 aromatic heterocycles. The molecule has 2 heterocycles. The number of aliphatic imine (C=N–C) groups is 1. The molecule has 1 aliphatic rings. The highest BCUT2D eigenvalue weighted by molar-refractivity contribution is 6.31. The number of nitrogens with one attached hydrogen (secondary N) is 3. The number of halogens is 2. The van der Waals surface area contributed by atoms with Crippen LogP contribution in [0.2, 0.25) is 5.02 Å². The summed E-state index contributed by atoms with van der Waals surface area (Å²) in [6.07, 6.45) is 0. The maximum absolute atomic E-state index is 13.7. The number of carbonyl (C=O) groups is 2. The Morgan fingerprint density at radius 2 is 1.92 bits per heavy atom. The number of ether oxygens (including phenoxy) is 1. The summed E-state index contributed by atoms with van der Waals surface area (Å²) in [5.41, 5.74) is 2.86. The van der Waals surface area contributed by atoms with Gasteiger partial charge in [0.2, 0.25) is 5.96 Å². The molecule has 0 bridgehead atoms. The van der Waals surface area contributed by atoms with E-state index >= 15 is 0 Å². The number of hydrogen-bond acceptors (Lipinski definition) is 8. The van der Waals surface area contributed by atoms with Crippen LogP contribution < -0.4 is 20.7 Å². The minimum atomic E-state index is -0.814. The highest BCUT2D eigenvalue weighted by atomic mass is 35.5. The zero-order valence-corrected chi connectivity index (χ0v) is 21.9. The van der Waals surface area contributed by atoms with Crippen molar-refractivity contribution in [1.29, 1.82) is 0 Å². The molecule has 5 rings (SSSR count). The van der Waals surface area contributed by atoms with E-state index in [-0.39, 0.29) is 23.3 Å². The summed E-state index contributed by atoms with van der Waals surface area (Å²) in [6.45, 7) is 3.16. The van der Waals surface area contributed by atoms with Crippen LogP contribution in [0.3, 0.4) is 0 Å². The molecule has 0 radical (unpaired) electrons. The summed E-state index contributed by atoms with van der Waals surface area (Å²) >= 11 is 6.53. The van der Waals surface area contributed by atoms with Crippen LogP contribution in [0.1, 0.15) is 35.8 Å². The zero-order valence-electron chi connectivity index (χ0n) is 21.1. The van der Waals surface area contributed by atoms with Crippen molar-refractivity contribution < 1.29 is 23.1 Å². The summed E-state index contributed by atoms with van der Waals surface area (Å²) in [6, 6.07) is 15.2. The van der Waals surface area contributed by atoms with Gasteiger partial charge in [0.15, 0.2) is 11.4 Å². The second-order valence-corrected chi connectivity index (χ2v) is 9.15. The number of methoxy groups -OCH3 is 1. The van der Waals surface area contributed by atoms with E-state index in [0.29, 0.717) is 44.4 Å². The number of oxazole rings is 1. The van der Waals surface area contributed by atoms with Crippen LogP contribution in [-0.2, 0) is 4.79 Å². The van der Waals surface area contributed by atoms with Crippen molar-refractivity contribution in [3.05, 3.63) is 93.9 Å². The van der Waals surface area contributed by atoms with Crippen molar-refractivity contribution in [2.75, 3.05) is 17.7 Å². The number of fused-ring (bicyclic) bond motifs is 1. The number of allylic oxidation sites excluding steroid dienone is 1. The first-order valence-corrected chi connectivity index (χ1v) is 12.2. The van der Waals surface area contributed by atoms with Crippen LogP contribution in [0.5, 0.6) is 5.75 Å². The smallest absolute Gasteiger partial charge is 0.302 e. The van der Waals surface area contributed by atoms with Crippen molar-refractivity contribution in [2.24, 2.45) is 4.99 Å². The molecule has 39 heavy (non-hydrogen) atoms. The van der Waals surface area contributed by atoms with Gasteiger partial charge in [-0.05, 0) is 50.2 Å². The molecular formula is C28H23ClFN5O4. The van der Waals surface area contributed by atoms with Crippen molar-refractivity contribution in [3.63, 3.8) is 0 Å². The van der Waals surface area contributed by atoms with Gasteiger partial charge in [-0.25, -0.2) is 9.38 Å². The van der Waals surface area contributed by atoms with Crippen LogP contribution in [0, 0.1) is 5.82 Å². The topological polar surface area (TPSA) is 118 Å². The van der Waals surface area contributed by atoms with Crippen LogP contribution in [0.25, 0.3) is 11.1 Å². The molecule has 9 nitrogen and oxygen atoms in total. The van der Waals surface area contributed by atoms with Crippen molar-refractivity contribution in [1.82, 2.24) is 10.3 Å². The highest BCUT2D eigenvalue weighted by Crippen LogP contribution is 2.36. The van der Waals surface area contributed by atoms with E-state index in [0.717, 1.165) is 0 Å². The quantitative estimate of drug-likeness (QED) is 0.259. The lowest BCUT2D eigenvalue weighted by Gasteiger charge is -2.27. The van der Waals surface area contributed by atoms with Crippen LogP contribution in [0.15, 0.2) is 81.3 Å². The minimum absolute atomic E-state index is 0.0891. The van der Waals surface area contributed by atoms with Gasteiger partial charge in [-0.2, -0.15) is 4.98 Å². The maximum atomic E-state index is 13.7. The van der Waals surface area contributed by atoms with Crippen LogP contribution in [-0.4, -0.2) is 29.7 Å². The molecule has 1 amide bonds. The number of guanidine groups is 1. The van der Waals surface area contributed by atoms with Gasteiger partial charge in [-0.15, -0.1) is 0 Å². The Hall–Kier alpha value is -4.70. The number of Topliss-reactive ketones (excluding diaryl/α,β-unsaturated/α-hetero) is 1. The number of aromatic nitrogens is 1. The summed E-state index contributed by atoms with van der Waals surface area (Å²) in [5, 5.41) is 9.30. The molecule has 3 N–H and O–H groups in total. The van der Waals surface area contributed by atoms with Gasteiger partial charge in [0.25, 0.3) is 5.91 Å². The lowest BCUT2D eigenvalue weighted by atomic mass is 9.95. The monoisotopic (exact) mass is 547 g/mol. The Morgan fingerprint density at radius 1 is 1.13 bits per heavy atom. The SMILES string of the molecule is COc1ccc(C(C)=O)cc1NC(=O)C1=C(C)NC(Nc2nc3ccc(F)cc3o2)=NC1c1ccccc1Cl. The Bertz CT molecular complexity index is 1680. The highest BCUT2D eigenvalue weighted by Gasteiger charge is 2.31. The summed E-state index contributed by atoms with van der Waals surface area (Å²) < 4.78 is 24.6. The second kappa shape index (κ2) is 10.6. The molecule has 0 spiro atoms. The van der Waals surface area contributed by atoms with Gasteiger partial charge < -0.3 is 19.8 Å². The summed E-state index contributed by atoms with van der Waals surface area (Å²) in [7, 11) is 1.47. The zero-order chi connectivity index (χ0) is 27.7. The number of hydrogen-bond donors (Lipinski definition) is 3. The Kier molecular flexibility index (Phi) is 7.03. The fourth-order valence-electron chi connectivity index (χ4n) is 4.22. The van der Waals surface area contributed by atoms with E-state index in [9.17, 15) is 14.0 Å². The van der Waals surface area contributed by atoms with E-state index in [4.69, 9.17) is 25.7 Å². The number of amides is 1. The molecule has 0 saturated carbocycles. The molecule has 0 saturated heterocycles. The molecular weight excluding hydrogens is 525 g/mol. The first-order valence-electron chi connectivity index (χ1n) is 11.9. The van der Waals surface area contributed by atoms with E-state index in [1.807, 2.05) is 0 Å². The van der Waals surface area contributed by atoms with Gasteiger partial charge >= 0.3 is 6.01 Å². The average Bonchev–Trinajstić information content (AvgIpc) is 3.29. The third kappa shape index (κ3) is 5.32. The van der Waals surface area contributed by atoms with Crippen LogP contribution >= 0.6 is 11.6 Å². The van der Waals surface area contributed by atoms with E-state index in [2.05, 4.69) is 20.9 Å². The van der Waals surface area contributed by atoms with E-state index in [1.54, 1.807) is 49.4 Å². The lowest BCUT2D eigenvalue weighted by Crippen LogP contribution is -2.37. The normalized spacial score (nSPS) is 15.0. The molecule has 3 aromatic carbocycles. The van der Waals surface area contributed by atoms with E-state index < -0.39 is 17.8 Å². The first-order chi connectivity index (χ1) is 18.7. The molecule has 198 valence electrons. The summed E-state index contributed by atoms with van der Waals surface area (Å²) in [4.78, 5) is 34.6. The third-order valence-corrected chi connectivity index (χ3v) is 6.46. The fraction of sp³-hybridized carbons (Fsp3) is 0.143. The van der Waals surface area contributed by atoms with Crippen molar-refractivity contribution in [2.45, 2.75) is 19.9 Å². The molecule has 1 unspecified atom stereocenters. The molecule has 11 heteroatoms. The minimum Gasteiger partial charge on any atom is -0.495 e. The van der Waals surface area contributed by atoms with Gasteiger partial charge in [0.1, 0.15) is 23.1 Å². The van der Waals surface area contributed by atoms with Gasteiger partial charge in [-0.3, -0.25) is 14.9 Å². The van der Waals surface area contributed by atoms with Gasteiger partial charge in [0.05, 0.1) is 18.4 Å². The lowest BCUT2D eigenvalue weighted by molar-refractivity contribution is -0.113. The second-order valence-electron chi connectivity index (χ2n) is 8.75. The molecule has 0 aliphatic carbocycles. The van der Waals surface area contributed by atoms with Gasteiger partial charge in [-0.1, -0.05) is 29.8 Å². The third-order valence-electron chi connectivity index (χ3n) is 6.12. The summed E-state index contributed by atoms with van der Waals surface area (Å²) in [5.74, 6) is -0.430. The number of ketones is 1. The number of rotatable bonds is 6. The Labute approximate surface area is 227 Å². The maximum Gasteiger partial charge on any atom is 0.302 e. The van der Waals surface area contributed by atoms with Crippen molar-refractivity contribution in [3.8, 4) is 5.75 Å². The molecule has 0 fully saturated rings. The van der Waals surface area contributed by atoms with Gasteiger partial charge in [0, 0.05) is 27.9 Å². The average molecular weight is 548 g/mol. The first kappa shape index (κ1) is 25.9. The molecule has 1 atom stereocenters. The standard InChI is InChI=1S/C28H23ClFN5O4/c1-14-24(26(37)32-21-12-16(15(2)36)8-11-22(21)38-3)25(18-6-4-5-7-19(18)29)34-27(31-14)35-28-33-20-10-9-17(30)13-23(20)39-28/h4-13,25H,1-3H3,(H,32,37)(H2,31,33,34,35). The number of anilines is 2. The number of nitrogens with zero attached hydrogens (tertiary/aromatic N) is 2. The van der Waals surface area contributed by atoms with Crippen LogP contribution in [0.4, 0.5) is 16.1 Å². The van der Waals surface area contributed by atoms with Crippen molar-refractivity contribution >= 4 is 52.1 Å². The Balaban J connectivity index is 1.50. The molecule has 4 aromatic rings. The fourth-order valence-corrected chi connectivity index (χ4v) is 4.46. The largest absolute Gasteiger partial charge is 0.495 e. The predicted molar refractivity (Wildman–Crippen MR) is 147 cm³/mol. The Morgan fingerprint density at radius 3 is 2.67 bits per heavy atom.